The molecule has 0 fully saturated rings. The SMILES string of the molecule is CC(C)c1ccc(NC(=O)COc2cccc(F)c2)cc1. The molecule has 0 aliphatic carbocycles. The Bertz CT molecular complexity index is 608. The summed E-state index contributed by atoms with van der Waals surface area (Å²) in [6, 6.07) is 13.4. The maximum Gasteiger partial charge on any atom is 0.262 e. The van der Waals surface area contributed by atoms with Crippen molar-refractivity contribution in [1.29, 1.82) is 0 Å². The molecule has 3 nitrogen and oxygen atoms in total. The normalized spacial score (nSPS) is 10.5. The summed E-state index contributed by atoms with van der Waals surface area (Å²) in [4.78, 5) is 11.8. The van der Waals surface area contributed by atoms with E-state index in [1.807, 2.05) is 24.3 Å². The van der Waals surface area contributed by atoms with Gasteiger partial charge in [0, 0.05) is 11.8 Å². The molecule has 0 saturated carbocycles. The third-order valence-electron chi connectivity index (χ3n) is 3.03. The van der Waals surface area contributed by atoms with Gasteiger partial charge < -0.3 is 10.1 Å². The highest BCUT2D eigenvalue weighted by atomic mass is 19.1. The Hall–Kier alpha value is -2.36. The predicted molar refractivity (Wildman–Crippen MR) is 81.1 cm³/mol. The van der Waals surface area contributed by atoms with Crippen molar-refractivity contribution < 1.29 is 13.9 Å². The highest BCUT2D eigenvalue weighted by molar-refractivity contribution is 5.91. The monoisotopic (exact) mass is 287 g/mol. The second-order valence-corrected chi connectivity index (χ2v) is 5.07. The van der Waals surface area contributed by atoms with Crippen LogP contribution in [0.3, 0.4) is 0 Å². The number of rotatable bonds is 5. The molecule has 2 rings (SSSR count). The van der Waals surface area contributed by atoms with Crippen LogP contribution in [-0.2, 0) is 4.79 Å². The first-order chi connectivity index (χ1) is 10.0. The number of benzene rings is 2. The molecule has 0 aromatic heterocycles. The summed E-state index contributed by atoms with van der Waals surface area (Å²) < 4.78 is 18.2. The van der Waals surface area contributed by atoms with Crippen molar-refractivity contribution in [3.05, 3.63) is 59.9 Å². The summed E-state index contributed by atoms with van der Waals surface area (Å²) >= 11 is 0. The van der Waals surface area contributed by atoms with Gasteiger partial charge in [-0.3, -0.25) is 4.79 Å². The van der Waals surface area contributed by atoms with Crippen LogP contribution < -0.4 is 10.1 Å². The van der Waals surface area contributed by atoms with Crippen molar-refractivity contribution in [1.82, 2.24) is 0 Å². The van der Waals surface area contributed by atoms with E-state index in [1.54, 1.807) is 6.07 Å². The quantitative estimate of drug-likeness (QED) is 0.903. The molecule has 0 heterocycles. The lowest BCUT2D eigenvalue weighted by Gasteiger charge is -2.09. The van der Waals surface area contributed by atoms with Crippen LogP contribution in [0.15, 0.2) is 48.5 Å². The molecule has 0 spiro atoms. The van der Waals surface area contributed by atoms with Gasteiger partial charge >= 0.3 is 0 Å². The van der Waals surface area contributed by atoms with E-state index in [0.717, 1.165) is 0 Å². The van der Waals surface area contributed by atoms with Gasteiger partial charge in [-0.05, 0) is 35.7 Å². The van der Waals surface area contributed by atoms with Gasteiger partial charge in [0.15, 0.2) is 6.61 Å². The average molecular weight is 287 g/mol. The molecular formula is C17H18FNO2. The summed E-state index contributed by atoms with van der Waals surface area (Å²) in [5.41, 5.74) is 1.93. The van der Waals surface area contributed by atoms with E-state index < -0.39 is 5.82 Å². The number of nitrogens with one attached hydrogen (secondary N) is 1. The minimum absolute atomic E-state index is 0.157. The van der Waals surface area contributed by atoms with Crippen LogP contribution in [0.1, 0.15) is 25.3 Å². The van der Waals surface area contributed by atoms with Gasteiger partial charge in [-0.1, -0.05) is 32.0 Å². The zero-order valence-corrected chi connectivity index (χ0v) is 12.1. The fraction of sp³-hybridized carbons (Fsp3) is 0.235. The fourth-order valence-electron chi connectivity index (χ4n) is 1.85. The van der Waals surface area contributed by atoms with Gasteiger partial charge in [-0.15, -0.1) is 0 Å². The third-order valence-corrected chi connectivity index (χ3v) is 3.03. The lowest BCUT2D eigenvalue weighted by Crippen LogP contribution is -2.20. The molecule has 2 aromatic rings. The van der Waals surface area contributed by atoms with Crippen LogP contribution in [0.5, 0.6) is 5.75 Å². The zero-order chi connectivity index (χ0) is 15.2. The molecule has 21 heavy (non-hydrogen) atoms. The van der Waals surface area contributed by atoms with Crippen LogP contribution >= 0.6 is 0 Å². The predicted octanol–water partition coefficient (Wildman–Crippen LogP) is 3.97. The van der Waals surface area contributed by atoms with Crippen LogP contribution in [-0.4, -0.2) is 12.5 Å². The lowest BCUT2D eigenvalue weighted by atomic mass is 10.0. The number of carbonyl (C=O) groups is 1. The van der Waals surface area contributed by atoms with Gasteiger partial charge in [0.2, 0.25) is 0 Å². The summed E-state index contributed by atoms with van der Waals surface area (Å²) in [6.45, 7) is 4.07. The Kier molecular flexibility index (Phi) is 4.93. The number of hydrogen-bond acceptors (Lipinski definition) is 2. The molecule has 110 valence electrons. The summed E-state index contributed by atoms with van der Waals surface area (Å²) in [5, 5.41) is 2.74. The number of anilines is 1. The van der Waals surface area contributed by atoms with Crippen LogP contribution in [0, 0.1) is 5.82 Å². The Morgan fingerprint density at radius 3 is 2.52 bits per heavy atom. The lowest BCUT2D eigenvalue weighted by molar-refractivity contribution is -0.118. The molecule has 0 bridgehead atoms. The highest BCUT2D eigenvalue weighted by Gasteiger charge is 2.05. The van der Waals surface area contributed by atoms with E-state index in [2.05, 4.69) is 19.2 Å². The van der Waals surface area contributed by atoms with E-state index in [9.17, 15) is 9.18 Å². The smallest absolute Gasteiger partial charge is 0.262 e. The Balaban J connectivity index is 1.87. The van der Waals surface area contributed by atoms with Gasteiger partial charge in [0.25, 0.3) is 5.91 Å². The standard InChI is InChI=1S/C17H18FNO2/c1-12(2)13-6-8-15(9-7-13)19-17(20)11-21-16-5-3-4-14(18)10-16/h3-10,12H,11H2,1-2H3,(H,19,20). The van der Waals surface area contributed by atoms with E-state index >= 15 is 0 Å². The van der Waals surface area contributed by atoms with Crippen LogP contribution in [0.25, 0.3) is 0 Å². The first-order valence-electron chi connectivity index (χ1n) is 6.83. The molecule has 1 N–H and O–H groups in total. The second kappa shape index (κ2) is 6.88. The van der Waals surface area contributed by atoms with E-state index in [0.29, 0.717) is 17.4 Å². The number of ether oxygens (including phenoxy) is 1. The Morgan fingerprint density at radius 1 is 1.19 bits per heavy atom. The minimum Gasteiger partial charge on any atom is -0.484 e. The van der Waals surface area contributed by atoms with Crippen molar-refractivity contribution in [3.8, 4) is 5.75 Å². The maximum atomic E-state index is 13.0. The maximum absolute atomic E-state index is 13.0. The van der Waals surface area contributed by atoms with Gasteiger partial charge in [0.05, 0.1) is 0 Å². The second-order valence-electron chi connectivity index (χ2n) is 5.07. The fourth-order valence-corrected chi connectivity index (χ4v) is 1.85. The molecule has 0 aliphatic heterocycles. The number of halogens is 1. The third kappa shape index (κ3) is 4.60. The zero-order valence-electron chi connectivity index (χ0n) is 12.1. The van der Waals surface area contributed by atoms with Gasteiger partial charge in [0.1, 0.15) is 11.6 Å². The number of amides is 1. The molecule has 0 radical (unpaired) electrons. The van der Waals surface area contributed by atoms with E-state index in [4.69, 9.17) is 4.74 Å². The Morgan fingerprint density at radius 2 is 1.90 bits per heavy atom. The van der Waals surface area contributed by atoms with Crippen molar-refractivity contribution in [2.75, 3.05) is 11.9 Å². The summed E-state index contributed by atoms with van der Waals surface area (Å²) in [7, 11) is 0. The topological polar surface area (TPSA) is 38.3 Å². The van der Waals surface area contributed by atoms with Gasteiger partial charge in [-0.2, -0.15) is 0 Å². The first kappa shape index (κ1) is 15.0. The largest absolute Gasteiger partial charge is 0.484 e. The Labute approximate surface area is 123 Å². The van der Waals surface area contributed by atoms with E-state index in [1.165, 1.54) is 23.8 Å². The molecule has 0 aliphatic rings. The first-order valence-corrected chi connectivity index (χ1v) is 6.83. The molecule has 0 unspecified atom stereocenters. The number of carbonyl (C=O) groups excluding carboxylic acids is 1. The van der Waals surface area contributed by atoms with Crippen LogP contribution in [0.2, 0.25) is 0 Å². The minimum atomic E-state index is -0.391. The molecule has 0 saturated heterocycles. The van der Waals surface area contributed by atoms with Crippen molar-refractivity contribution in [2.45, 2.75) is 19.8 Å². The molecule has 2 aromatic carbocycles. The van der Waals surface area contributed by atoms with Crippen molar-refractivity contribution >= 4 is 11.6 Å². The van der Waals surface area contributed by atoms with Crippen molar-refractivity contribution in [3.63, 3.8) is 0 Å². The molecule has 4 heteroatoms. The van der Waals surface area contributed by atoms with Gasteiger partial charge in [-0.25, -0.2) is 4.39 Å². The molecule has 1 amide bonds. The summed E-state index contributed by atoms with van der Waals surface area (Å²) in [5.74, 6) is 0.111. The molecule has 0 atom stereocenters. The van der Waals surface area contributed by atoms with Crippen LogP contribution in [0.4, 0.5) is 10.1 Å². The average Bonchev–Trinajstić information content (AvgIpc) is 2.46. The van der Waals surface area contributed by atoms with Crippen molar-refractivity contribution in [2.24, 2.45) is 0 Å². The number of hydrogen-bond donors (Lipinski definition) is 1. The van der Waals surface area contributed by atoms with E-state index in [-0.39, 0.29) is 12.5 Å². The highest BCUT2D eigenvalue weighted by Crippen LogP contribution is 2.17. The molecular weight excluding hydrogens is 269 g/mol. The summed E-state index contributed by atoms with van der Waals surface area (Å²) in [6.07, 6.45) is 0.